The molecule has 1 aromatic rings. The number of hydrogen-bond acceptors (Lipinski definition) is 3. The molecule has 1 aliphatic carbocycles. The molecule has 0 radical (unpaired) electrons. The summed E-state index contributed by atoms with van der Waals surface area (Å²) in [4.78, 5) is 16.7. The fourth-order valence-corrected chi connectivity index (χ4v) is 2.12. The van der Waals surface area contributed by atoms with Gasteiger partial charge in [0, 0.05) is 13.2 Å². The van der Waals surface area contributed by atoms with Gasteiger partial charge in [-0.05, 0) is 12.8 Å². The first-order valence-electron chi connectivity index (χ1n) is 4.67. The van der Waals surface area contributed by atoms with Crippen LogP contribution in [0.25, 0.3) is 0 Å². The Morgan fingerprint density at radius 2 is 2.29 bits per heavy atom. The van der Waals surface area contributed by atoms with E-state index in [1.54, 1.807) is 0 Å². The normalized spacial score (nSPS) is 22.1. The van der Waals surface area contributed by atoms with Crippen LogP contribution in [-0.2, 0) is 4.79 Å². The third kappa shape index (κ3) is 0.685. The number of aromatic amines is 1. The van der Waals surface area contributed by atoms with Gasteiger partial charge in [0.15, 0.2) is 0 Å². The van der Waals surface area contributed by atoms with Crippen LogP contribution in [0.2, 0.25) is 0 Å². The molecule has 1 aromatic heterocycles. The monoisotopic (exact) mass is 192 g/mol. The van der Waals surface area contributed by atoms with Crippen molar-refractivity contribution in [3.8, 4) is 0 Å². The van der Waals surface area contributed by atoms with E-state index < -0.39 is 0 Å². The Kier molecular flexibility index (Phi) is 1.13. The zero-order valence-corrected chi connectivity index (χ0v) is 7.92. The van der Waals surface area contributed by atoms with Crippen molar-refractivity contribution >= 4 is 23.1 Å². The van der Waals surface area contributed by atoms with Crippen LogP contribution in [0, 0.1) is 0 Å². The van der Waals surface area contributed by atoms with Crippen molar-refractivity contribution in [1.82, 2.24) is 4.98 Å². The third-order valence-corrected chi connectivity index (χ3v) is 3.28. The zero-order valence-electron chi connectivity index (χ0n) is 7.92. The summed E-state index contributed by atoms with van der Waals surface area (Å²) in [5.41, 5.74) is 7.11. The molecule has 5 heteroatoms. The van der Waals surface area contributed by atoms with Gasteiger partial charge in [-0.15, -0.1) is 0 Å². The van der Waals surface area contributed by atoms with E-state index in [1.165, 1.54) is 0 Å². The highest BCUT2D eigenvalue weighted by atomic mass is 16.2. The number of nitrogen functional groups attached to an aromatic ring is 1. The lowest BCUT2D eigenvalue weighted by atomic mass is 10.1. The van der Waals surface area contributed by atoms with Crippen molar-refractivity contribution in [3.63, 3.8) is 0 Å². The van der Waals surface area contributed by atoms with Crippen LogP contribution in [0.4, 0.5) is 17.2 Å². The number of carbonyl (C=O) groups is 1. The number of aromatic nitrogens is 1. The molecule has 0 bridgehead atoms. The second kappa shape index (κ2) is 2.05. The second-order valence-electron chi connectivity index (χ2n) is 4.01. The molecule has 0 atom stereocenters. The van der Waals surface area contributed by atoms with Crippen molar-refractivity contribution in [2.45, 2.75) is 18.4 Å². The highest BCUT2D eigenvalue weighted by molar-refractivity contribution is 6.10. The van der Waals surface area contributed by atoms with Gasteiger partial charge in [-0.3, -0.25) is 4.79 Å². The van der Waals surface area contributed by atoms with Crippen LogP contribution >= 0.6 is 0 Å². The van der Waals surface area contributed by atoms with Crippen LogP contribution in [-0.4, -0.2) is 23.5 Å². The standard InChI is InChI=1S/C9H12N4O/c1-13-5-4-11-7(10)6(5)12-8(14)9(13)2-3-9/h4,11H,2-3,10H2,1H3,(H,12,14). The quantitative estimate of drug-likeness (QED) is 0.561. The van der Waals surface area contributed by atoms with Gasteiger partial charge in [0.1, 0.15) is 17.0 Å². The summed E-state index contributed by atoms with van der Waals surface area (Å²) in [6.07, 6.45) is 3.70. The highest BCUT2D eigenvalue weighted by Crippen LogP contribution is 2.50. The van der Waals surface area contributed by atoms with Crippen LogP contribution < -0.4 is 16.0 Å². The Labute approximate surface area is 81.3 Å². The van der Waals surface area contributed by atoms with E-state index in [0.717, 1.165) is 24.2 Å². The number of nitrogens with two attached hydrogens (primary N) is 1. The van der Waals surface area contributed by atoms with Crippen molar-refractivity contribution in [1.29, 1.82) is 0 Å². The Hall–Kier alpha value is -1.65. The minimum atomic E-state index is -0.290. The van der Waals surface area contributed by atoms with Gasteiger partial charge in [0.25, 0.3) is 0 Å². The number of anilines is 3. The molecule has 0 saturated heterocycles. The predicted octanol–water partition coefficient (Wildman–Crippen LogP) is 0.518. The molecule has 4 N–H and O–H groups in total. The van der Waals surface area contributed by atoms with Crippen LogP contribution in [0.5, 0.6) is 0 Å². The van der Waals surface area contributed by atoms with E-state index in [0.29, 0.717) is 5.82 Å². The summed E-state index contributed by atoms with van der Waals surface area (Å²) >= 11 is 0. The van der Waals surface area contributed by atoms with E-state index in [2.05, 4.69) is 10.3 Å². The highest BCUT2D eigenvalue weighted by Gasteiger charge is 2.56. The van der Waals surface area contributed by atoms with E-state index in [4.69, 9.17) is 5.73 Å². The number of carbonyl (C=O) groups excluding carboxylic acids is 1. The molecule has 3 rings (SSSR count). The number of fused-ring (bicyclic) bond motifs is 1. The van der Waals surface area contributed by atoms with Crippen LogP contribution in [0.15, 0.2) is 6.20 Å². The topological polar surface area (TPSA) is 74.2 Å². The molecular weight excluding hydrogens is 180 g/mol. The first-order valence-corrected chi connectivity index (χ1v) is 4.67. The molecule has 0 unspecified atom stereocenters. The largest absolute Gasteiger partial charge is 0.383 e. The molecule has 74 valence electrons. The Morgan fingerprint density at radius 3 is 2.93 bits per heavy atom. The molecule has 0 aromatic carbocycles. The molecule has 1 saturated carbocycles. The second-order valence-corrected chi connectivity index (χ2v) is 4.01. The molecule has 2 aliphatic rings. The Bertz CT molecular complexity index is 418. The summed E-state index contributed by atoms with van der Waals surface area (Å²) in [5, 5.41) is 2.85. The molecule has 2 heterocycles. The van der Waals surface area contributed by atoms with Crippen molar-refractivity contribution in [3.05, 3.63) is 6.20 Å². The third-order valence-electron chi connectivity index (χ3n) is 3.28. The minimum Gasteiger partial charge on any atom is -0.383 e. The lowest BCUT2D eigenvalue weighted by molar-refractivity contribution is -0.118. The van der Waals surface area contributed by atoms with Crippen molar-refractivity contribution in [2.24, 2.45) is 0 Å². The summed E-state index contributed by atoms with van der Waals surface area (Å²) < 4.78 is 0. The Balaban J connectivity index is 2.15. The SMILES string of the molecule is CN1c2c[nH]c(N)c2NC(=O)C12CC2. The lowest BCUT2D eigenvalue weighted by Crippen LogP contribution is -2.48. The van der Waals surface area contributed by atoms with Gasteiger partial charge < -0.3 is 20.9 Å². The van der Waals surface area contributed by atoms with Gasteiger partial charge >= 0.3 is 0 Å². The average molecular weight is 192 g/mol. The first kappa shape index (κ1) is 7.73. The lowest BCUT2D eigenvalue weighted by Gasteiger charge is -2.33. The average Bonchev–Trinajstić information content (AvgIpc) is 2.88. The van der Waals surface area contributed by atoms with Crippen molar-refractivity contribution < 1.29 is 4.79 Å². The van der Waals surface area contributed by atoms with E-state index >= 15 is 0 Å². The van der Waals surface area contributed by atoms with Crippen LogP contribution in [0.1, 0.15) is 12.8 Å². The minimum absolute atomic E-state index is 0.0683. The maximum absolute atomic E-state index is 11.8. The summed E-state index contributed by atoms with van der Waals surface area (Å²) in [6.45, 7) is 0. The number of nitrogens with one attached hydrogen (secondary N) is 2. The van der Waals surface area contributed by atoms with E-state index in [1.807, 2.05) is 18.1 Å². The number of rotatable bonds is 0. The first-order chi connectivity index (χ1) is 6.65. The van der Waals surface area contributed by atoms with Gasteiger partial charge in [-0.1, -0.05) is 0 Å². The van der Waals surface area contributed by atoms with Gasteiger partial charge in [-0.2, -0.15) is 0 Å². The maximum Gasteiger partial charge on any atom is 0.250 e. The number of nitrogens with zero attached hydrogens (tertiary/aromatic N) is 1. The predicted molar refractivity (Wildman–Crippen MR) is 54.2 cm³/mol. The van der Waals surface area contributed by atoms with Gasteiger partial charge in [-0.25, -0.2) is 0 Å². The smallest absolute Gasteiger partial charge is 0.250 e. The summed E-state index contributed by atoms with van der Waals surface area (Å²) in [5.74, 6) is 0.592. The molecule has 1 fully saturated rings. The van der Waals surface area contributed by atoms with Gasteiger partial charge in [0.05, 0.1) is 5.69 Å². The maximum atomic E-state index is 11.8. The molecule has 14 heavy (non-hydrogen) atoms. The van der Waals surface area contributed by atoms with Crippen molar-refractivity contribution in [2.75, 3.05) is 23.0 Å². The number of likely N-dealkylation sites (N-methyl/N-ethyl adjacent to an activating group) is 1. The Morgan fingerprint density at radius 1 is 1.57 bits per heavy atom. The molecule has 1 spiro atoms. The fourth-order valence-electron chi connectivity index (χ4n) is 2.12. The zero-order chi connectivity index (χ0) is 9.92. The summed E-state index contributed by atoms with van der Waals surface area (Å²) in [7, 11) is 1.94. The molecule has 1 amide bonds. The molecule has 1 aliphatic heterocycles. The van der Waals surface area contributed by atoms with E-state index in [9.17, 15) is 4.79 Å². The number of amides is 1. The van der Waals surface area contributed by atoms with Gasteiger partial charge in [0.2, 0.25) is 5.91 Å². The fraction of sp³-hybridized carbons (Fsp3) is 0.444. The van der Waals surface area contributed by atoms with E-state index in [-0.39, 0.29) is 11.4 Å². The number of H-pyrrole nitrogens is 1. The summed E-state index contributed by atoms with van der Waals surface area (Å²) in [6, 6.07) is 0. The van der Waals surface area contributed by atoms with Crippen LogP contribution in [0.3, 0.4) is 0 Å². The molecular formula is C9H12N4O. The number of hydrogen-bond donors (Lipinski definition) is 3. The molecule has 5 nitrogen and oxygen atoms in total.